The van der Waals surface area contributed by atoms with E-state index in [9.17, 15) is 9.59 Å². The van der Waals surface area contributed by atoms with Crippen molar-refractivity contribution in [3.8, 4) is 0 Å². The van der Waals surface area contributed by atoms with Gasteiger partial charge in [0.2, 0.25) is 5.91 Å². The Kier molecular flexibility index (Phi) is 3.66. The van der Waals surface area contributed by atoms with Crippen molar-refractivity contribution in [2.75, 3.05) is 32.7 Å². The van der Waals surface area contributed by atoms with Gasteiger partial charge in [0.1, 0.15) is 0 Å². The summed E-state index contributed by atoms with van der Waals surface area (Å²) in [4.78, 5) is 23.3. The van der Waals surface area contributed by atoms with Crippen molar-refractivity contribution < 1.29 is 9.59 Å². The van der Waals surface area contributed by atoms with Crippen LogP contribution in [0.2, 0.25) is 0 Å². The molecule has 74 valence electrons. The largest absolute Gasteiger partial charge is 0.351 e. The molecule has 1 rings (SSSR count). The zero-order chi connectivity index (χ0) is 9.68. The topological polar surface area (TPSA) is 87.5 Å². The highest BCUT2D eigenvalue weighted by molar-refractivity contribution is 5.94. The molecule has 13 heavy (non-hydrogen) atoms. The van der Waals surface area contributed by atoms with E-state index in [1.165, 1.54) is 0 Å². The van der Waals surface area contributed by atoms with Crippen LogP contribution < -0.4 is 16.4 Å². The lowest BCUT2D eigenvalue weighted by atomic mass is 10.3. The number of primary amides is 1. The summed E-state index contributed by atoms with van der Waals surface area (Å²) in [6, 6.07) is -0.792. The number of carbonyl (C=O) groups is 2. The van der Waals surface area contributed by atoms with Crippen LogP contribution in [-0.2, 0) is 4.79 Å². The number of nitrogens with two attached hydrogens (primary N) is 1. The van der Waals surface area contributed by atoms with Crippen LogP contribution in [0.3, 0.4) is 0 Å². The molecule has 1 fully saturated rings. The van der Waals surface area contributed by atoms with E-state index in [0.717, 1.165) is 26.2 Å². The second-order valence-electron chi connectivity index (χ2n) is 2.94. The van der Waals surface area contributed by atoms with Crippen molar-refractivity contribution >= 4 is 11.9 Å². The van der Waals surface area contributed by atoms with E-state index in [1.807, 2.05) is 10.2 Å². The molecule has 6 nitrogen and oxygen atoms in total. The van der Waals surface area contributed by atoms with E-state index in [-0.39, 0.29) is 12.5 Å². The van der Waals surface area contributed by atoms with E-state index >= 15 is 0 Å². The van der Waals surface area contributed by atoms with E-state index in [0.29, 0.717) is 0 Å². The number of nitrogens with one attached hydrogen (secondary N) is 2. The van der Waals surface area contributed by atoms with Crippen LogP contribution in [0.5, 0.6) is 0 Å². The smallest absolute Gasteiger partial charge is 0.318 e. The molecule has 0 aromatic heterocycles. The molecule has 0 spiro atoms. The summed E-state index contributed by atoms with van der Waals surface area (Å²) in [7, 11) is 0. The number of amides is 3. The van der Waals surface area contributed by atoms with Gasteiger partial charge in [-0.3, -0.25) is 15.0 Å². The SMILES string of the molecule is NC(=O)NC(=O)CN1CCNCC1. The molecule has 0 unspecified atom stereocenters. The maximum absolute atomic E-state index is 11.0. The Bertz CT molecular complexity index is 201. The molecule has 0 aromatic rings. The van der Waals surface area contributed by atoms with Gasteiger partial charge < -0.3 is 11.1 Å². The first-order valence-corrected chi connectivity index (χ1v) is 4.21. The van der Waals surface area contributed by atoms with Gasteiger partial charge in [-0.05, 0) is 0 Å². The Morgan fingerprint density at radius 2 is 2.00 bits per heavy atom. The van der Waals surface area contributed by atoms with Crippen LogP contribution in [0.15, 0.2) is 0 Å². The second kappa shape index (κ2) is 4.78. The van der Waals surface area contributed by atoms with Gasteiger partial charge in [-0.25, -0.2) is 4.79 Å². The van der Waals surface area contributed by atoms with Crippen molar-refractivity contribution in [3.63, 3.8) is 0 Å². The number of hydrogen-bond donors (Lipinski definition) is 3. The van der Waals surface area contributed by atoms with Crippen LogP contribution in [-0.4, -0.2) is 49.6 Å². The predicted molar refractivity (Wildman–Crippen MR) is 47.0 cm³/mol. The third kappa shape index (κ3) is 3.86. The predicted octanol–water partition coefficient (Wildman–Crippen LogP) is -1.91. The van der Waals surface area contributed by atoms with Crippen LogP contribution in [0.1, 0.15) is 0 Å². The molecule has 0 aromatic carbocycles. The molecule has 0 radical (unpaired) electrons. The normalized spacial score (nSPS) is 18.2. The van der Waals surface area contributed by atoms with Crippen molar-refractivity contribution in [1.29, 1.82) is 0 Å². The number of piperazine rings is 1. The van der Waals surface area contributed by atoms with Gasteiger partial charge in [-0.2, -0.15) is 0 Å². The minimum absolute atomic E-state index is 0.241. The van der Waals surface area contributed by atoms with E-state index < -0.39 is 6.03 Å². The van der Waals surface area contributed by atoms with Crippen LogP contribution in [0.4, 0.5) is 4.79 Å². The van der Waals surface area contributed by atoms with Crippen LogP contribution >= 0.6 is 0 Å². The fourth-order valence-corrected chi connectivity index (χ4v) is 1.25. The third-order valence-electron chi connectivity index (χ3n) is 1.84. The first-order valence-electron chi connectivity index (χ1n) is 4.21. The minimum Gasteiger partial charge on any atom is -0.351 e. The molecule has 1 aliphatic heterocycles. The molecule has 0 atom stereocenters. The molecular weight excluding hydrogens is 172 g/mol. The fourth-order valence-electron chi connectivity index (χ4n) is 1.25. The standard InChI is InChI=1S/C7H14N4O2/c8-7(13)10-6(12)5-11-3-1-9-2-4-11/h9H,1-5H2,(H3,8,10,12,13). The average molecular weight is 186 g/mol. The minimum atomic E-state index is -0.792. The van der Waals surface area contributed by atoms with Gasteiger partial charge in [0.05, 0.1) is 6.54 Å². The van der Waals surface area contributed by atoms with Gasteiger partial charge >= 0.3 is 6.03 Å². The molecular formula is C7H14N4O2. The molecule has 1 saturated heterocycles. The Labute approximate surface area is 76.4 Å². The van der Waals surface area contributed by atoms with Gasteiger partial charge in [0.25, 0.3) is 0 Å². The monoisotopic (exact) mass is 186 g/mol. The van der Waals surface area contributed by atoms with Crippen molar-refractivity contribution in [2.45, 2.75) is 0 Å². The first-order chi connectivity index (χ1) is 6.18. The molecule has 0 bridgehead atoms. The van der Waals surface area contributed by atoms with E-state index in [4.69, 9.17) is 5.73 Å². The number of imide groups is 1. The Hall–Kier alpha value is -1.14. The lowest BCUT2D eigenvalue weighted by molar-refractivity contribution is -0.121. The summed E-state index contributed by atoms with van der Waals surface area (Å²) in [5.41, 5.74) is 4.80. The highest BCUT2D eigenvalue weighted by atomic mass is 16.2. The Morgan fingerprint density at radius 1 is 1.38 bits per heavy atom. The summed E-state index contributed by atoms with van der Waals surface area (Å²) < 4.78 is 0. The highest BCUT2D eigenvalue weighted by Gasteiger charge is 2.13. The maximum Gasteiger partial charge on any atom is 0.318 e. The molecule has 6 heteroatoms. The average Bonchev–Trinajstić information content (AvgIpc) is 2.04. The zero-order valence-corrected chi connectivity index (χ0v) is 7.38. The first kappa shape index (κ1) is 9.94. The highest BCUT2D eigenvalue weighted by Crippen LogP contribution is 1.90. The molecule has 1 heterocycles. The summed E-state index contributed by atoms with van der Waals surface area (Å²) in [5.74, 6) is -0.339. The number of rotatable bonds is 2. The van der Waals surface area contributed by atoms with Crippen LogP contribution in [0, 0.1) is 0 Å². The lowest BCUT2D eigenvalue weighted by Crippen LogP contribution is -2.49. The number of urea groups is 1. The zero-order valence-electron chi connectivity index (χ0n) is 7.38. The van der Waals surface area contributed by atoms with Gasteiger partial charge in [0.15, 0.2) is 0 Å². The van der Waals surface area contributed by atoms with Crippen LogP contribution in [0.25, 0.3) is 0 Å². The quantitative estimate of drug-likeness (QED) is 0.469. The second-order valence-corrected chi connectivity index (χ2v) is 2.94. The van der Waals surface area contributed by atoms with E-state index in [1.54, 1.807) is 0 Å². The summed E-state index contributed by atoms with van der Waals surface area (Å²) in [6.07, 6.45) is 0. The van der Waals surface area contributed by atoms with Gasteiger partial charge in [0, 0.05) is 26.2 Å². The number of carbonyl (C=O) groups excluding carboxylic acids is 2. The van der Waals surface area contributed by atoms with Gasteiger partial charge in [-0.15, -0.1) is 0 Å². The molecule has 1 aliphatic rings. The molecule has 0 saturated carbocycles. The lowest BCUT2D eigenvalue weighted by Gasteiger charge is -2.26. The third-order valence-corrected chi connectivity index (χ3v) is 1.84. The Balaban J connectivity index is 2.22. The van der Waals surface area contributed by atoms with Crippen molar-refractivity contribution in [2.24, 2.45) is 5.73 Å². The summed E-state index contributed by atoms with van der Waals surface area (Å²) in [5, 5.41) is 5.19. The van der Waals surface area contributed by atoms with Gasteiger partial charge in [-0.1, -0.05) is 0 Å². The summed E-state index contributed by atoms with van der Waals surface area (Å²) >= 11 is 0. The molecule has 3 amide bonds. The fraction of sp³-hybridized carbons (Fsp3) is 0.714. The van der Waals surface area contributed by atoms with Crippen molar-refractivity contribution in [3.05, 3.63) is 0 Å². The molecule has 4 N–H and O–H groups in total. The van der Waals surface area contributed by atoms with E-state index in [2.05, 4.69) is 5.32 Å². The maximum atomic E-state index is 11.0. The Morgan fingerprint density at radius 3 is 2.54 bits per heavy atom. The molecule has 0 aliphatic carbocycles. The number of hydrogen-bond acceptors (Lipinski definition) is 4. The van der Waals surface area contributed by atoms with Crippen molar-refractivity contribution in [1.82, 2.24) is 15.5 Å². The number of nitrogens with zero attached hydrogens (tertiary/aromatic N) is 1. The summed E-state index contributed by atoms with van der Waals surface area (Å²) in [6.45, 7) is 3.65.